The first-order valence-electron chi connectivity index (χ1n) is 8.69. The fourth-order valence-electron chi connectivity index (χ4n) is 3.55. The maximum atomic E-state index is 12.1. The van der Waals surface area contributed by atoms with Gasteiger partial charge in [-0.25, -0.2) is 0 Å². The van der Waals surface area contributed by atoms with Gasteiger partial charge >= 0.3 is 5.97 Å². The zero-order chi connectivity index (χ0) is 14.8. The molecule has 0 radical (unpaired) electrons. The second kappa shape index (κ2) is 9.38. The summed E-state index contributed by atoms with van der Waals surface area (Å²) in [4.78, 5) is 12.1. The van der Waals surface area contributed by atoms with Gasteiger partial charge in [-0.2, -0.15) is 0 Å². The normalized spacial score (nSPS) is 17.1. The highest BCUT2D eigenvalue weighted by atomic mass is 16.5. The van der Waals surface area contributed by atoms with Gasteiger partial charge in [0.1, 0.15) is 13.2 Å². The summed E-state index contributed by atoms with van der Waals surface area (Å²) in [6, 6.07) is 0. The highest BCUT2D eigenvalue weighted by molar-refractivity contribution is 5.72. The monoisotopic (exact) mass is 284 g/mol. The van der Waals surface area contributed by atoms with Gasteiger partial charge < -0.3 is 9.22 Å². The van der Waals surface area contributed by atoms with E-state index in [1.54, 1.807) is 0 Å². The molecule has 0 aromatic rings. The molecule has 0 aromatic carbocycles. The third kappa shape index (κ3) is 5.43. The third-order valence-electron chi connectivity index (χ3n) is 4.82. The average molecular weight is 284 g/mol. The molecule has 0 atom stereocenters. The number of esters is 1. The van der Waals surface area contributed by atoms with E-state index in [1.165, 1.54) is 45.2 Å². The van der Waals surface area contributed by atoms with E-state index in [1.807, 2.05) is 0 Å². The van der Waals surface area contributed by atoms with Gasteiger partial charge in [0.25, 0.3) is 0 Å². The van der Waals surface area contributed by atoms with E-state index >= 15 is 0 Å². The van der Waals surface area contributed by atoms with Gasteiger partial charge in [-0.15, -0.1) is 0 Å². The minimum absolute atomic E-state index is 0.0619. The minimum Gasteiger partial charge on any atom is -0.459 e. The molecule has 0 bridgehead atoms. The number of hydrogen-bond donors (Lipinski definition) is 0. The van der Waals surface area contributed by atoms with Crippen LogP contribution in [0.4, 0.5) is 0 Å². The number of quaternary nitrogens is 1. The Morgan fingerprint density at radius 3 is 2.10 bits per heavy atom. The van der Waals surface area contributed by atoms with Crippen LogP contribution in [0.1, 0.15) is 65.7 Å². The van der Waals surface area contributed by atoms with E-state index < -0.39 is 0 Å². The lowest BCUT2D eigenvalue weighted by Crippen LogP contribution is -2.51. The number of hydrogen-bond acceptors (Lipinski definition) is 2. The predicted molar refractivity (Wildman–Crippen MR) is 83.5 cm³/mol. The zero-order valence-corrected chi connectivity index (χ0v) is 13.8. The minimum atomic E-state index is 0.0619. The number of carbonyl (C=O) groups is 1. The van der Waals surface area contributed by atoms with Crippen molar-refractivity contribution < 1.29 is 14.0 Å². The summed E-state index contributed by atoms with van der Waals surface area (Å²) in [7, 11) is 0. The number of ether oxygens (including phenoxy) is 1. The van der Waals surface area contributed by atoms with Crippen LogP contribution in [0.5, 0.6) is 0 Å². The molecule has 0 N–H and O–H groups in total. The topological polar surface area (TPSA) is 26.3 Å². The molecule has 0 saturated heterocycles. The van der Waals surface area contributed by atoms with Crippen LogP contribution in [-0.2, 0) is 9.53 Å². The molecule has 1 rings (SSSR count). The summed E-state index contributed by atoms with van der Waals surface area (Å²) in [6.07, 6.45) is 8.15. The number of carbonyl (C=O) groups excluding carboxylic acids is 1. The Balaban J connectivity index is 2.36. The molecule has 0 aromatic heterocycles. The molecule has 3 nitrogen and oxygen atoms in total. The van der Waals surface area contributed by atoms with Gasteiger partial charge in [0.15, 0.2) is 0 Å². The standard InChI is InChI=1S/C17H34NO2/c1-4-12-18(6-3,13-5-2)14-15-20-17(19)16-10-8-7-9-11-16/h16H,4-15H2,1-3H3/q+1. The van der Waals surface area contributed by atoms with Gasteiger partial charge in [0, 0.05) is 0 Å². The SMILES string of the molecule is CCC[N+](CC)(CCC)CCOC(=O)C1CCCCC1. The van der Waals surface area contributed by atoms with E-state index in [2.05, 4.69) is 20.8 Å². The van der Waals surface area contributed by atoms with Crippen molar-refractivity contribution in [3.05, 3.63) is 0 Å². The van der Waals surface area contributed by atoms with Crippen LogP contribution >= 0.6 is 0 Å². The summed E-state index contributed by atoms with van der Waals surface area (Å²) in [5.74, 6) is 0.247. The van der Waals surface area contributed by atoms with Crippen molar-refractivity contribution in [1.29, 1.82) is 0 Å². The molecule has 1 fully saturated rings. The molecule has 0 spiro atoms. The van der Waals surface area contributed by atoms with E-state index in [-0.39, 0.29) is 11.9 Å². The maximum absolute atomic E-state index is 12.1. The Morgan fingerprint density at radius 1 is 1.00 bits per heavy atom. The molecule has 0 amide bonds. The molecule has 0 unspecified atom stereocenters. The number of likely N-dealkylation sites (N-methyl/N-ethyl adjacent to an activating group) is 1. The van der Waals surface area contributed by atoms with Crippen LogP contribution < -0.4 is 0 Å². The van der Waals surface area contributed by atoms with E-state index in [0.29, 0.717) is 6.61 Å². The first-order valence-corrected chi connectivity index (χ1v) is 8.69. The van der Waals surface area contributed by atoms with Gasteiger partial charge in [0.05, 0.1) is 25.6 Å². The van der Waals surface area contributed by atoms with Gasteiger partial charge in [-0.1, -0.05) is 33.1 Å². The Hall–Kier alpha value is -0.570. The van der Waals surface area contributed by atoms with Crippen molar-refractivity contribution >= 4 is 5.97 Å². The van der Waals surface area contributed by atoms with Crippen molar-refractivity contribution in [2.75, 3.05) is 32.8 Å². The molecule has 1 aliphatic rings. The molecule has 118 valence electrons. The Morgan fingerprint density at radius 2 is 1.60 bits per heavy atom. The van der Waals surface area contributed by atoms with Crippen molar-refractivity contribution in [1.82, 2.24) is 0 Å². The van der Waals surface area contributed by atoms with E-state index in [9.17, 15) is 4.79 Å². The lowest BCUT2D eigenvalue weighted by Gasteiger charge is -2.37. The highest BCUT2D eigenvalue weighted by Crippen LogP contribution is 2.24. The van der Waals surface area contributed by atoms with Crippen LogP contribution in [0, 0.1) is 5.92 Å². The summed E-state index contributed by atoms with van der Waals surface area (Å²) in [6.45, 7) is 11.9. The quantitative estimate of drug-likeness (QED) is 0.476. The van der Waals surface area contributed by atoms with Crippen molar-refractivity contribution in [2.24, 2.45) is 5.92 Å². The van der Waals surface area contributed by atoms with Crippen LogP contribution in [0.3, 0.4) is 0 Å². The van der Waals surface area contributed by atoms with Gasteiger partial charge in [-0.05, 0) is 32.6 Å². The molecular formula is C17H34NO2+. The molecule has 0 aliphatic heterocycles. The second-order valence-electron chi connectivity index (χ2n) is 6.33. The van der Waals surface area contributed by atoms with Gasteiger partial charge in [-0.3, -0.25) is 4.79 Å². The Kier molecular flexibility index (Phi) is 8.20. The molecule has 0 heterocycles. The molecular weight excluding hydrogens is 250 g/mol. The Labute approximate surface area is 125 Å². The van der Waals surface area contributed by atoms with Gasteiger partial charge in [0.2, 0.25) is 0 Å². The lowest BCUT2D eigenvalue weighted by atomic mass is 9.89. The summed E-state index contributed by atoms with van der Waals surface area (Å²) in [5, 5.41) is 0. The van der Waals surface area contributed by atoms with Crippen LogP contribution in [0.15, 0.2) is 0 Å². The zero-order valence-electron chi connectivity index (χ0n) is 13.8. The van der Waals surface area contributed by atoms with Crippen LogP contribution in [-0.4, -0.2) is 43.2 Å². The smallest absolute Gasteiger partial charge is 0.309 e. The number of rotatable bonds is 9. The second-order valence-corrected chi connectivity index (χ2v) is 6.33. The van der Waals surface area contributed by atoms with Crippen molar-refractivity contribution in [3.63, 3.8) is 0 Å². The lowest BCUT2D eigenvalue weighted by molar-refractivity contribution is -0.926. The first-order chi connectivity index (χ1) is 9.67. The predicted octanol–water partition coefficient (Wildman–Crippen LogP) is 3.77. The third-order valence-corrected chi connectivity index (χ3v) is 4.82. The molecule has 1 saturated carbocycles. The van der Waals surface area contributed by atoms with Crippen molar-refractivity contribution in [3.8, 4) is 0 Å². The van der Waals surface area contributed by atoms with E-state index in [4.69, 9.17) is 4.74 Å². The molecule has 1 aliphatic carbocycles. The molecule has 3 heteroatoms. The van der Waals surface area contributed by atoms with E-state index in [0.717, 1.165) is 30.4 Å². The fourth-order valence-corrected chi connectivity index (χ4v) is 3.55. The maximum Gasteiger partial charge on any atom is 0.309 e. The Bertz CT molecular complexity index is 266. The highest BCUT2D eigenvalue weighted by Gasteiger charge is 2.26. The summed E-state index contributed by atoms with van der Waals surface area (Å²) >= 11 is 0. The number of nitrogens with zero attached hydrogens (tertiary/aromatic N) is 1. The fraction of sp³-hybridized carbons (Fsp3) is 0.941. The first kappa shape index (κ1) is 17.5. The summed E-state index contributed by atoms with van der Waals surface area (Å²) < 4.78 is 6.68. The largest absolute Gasteiger partial charge is 0.459 e. The van der Waals surface area contributed by atoms with Crippen molar-refractivity contribution in [2.45, 2.75) is 65.7 Å². The van der Waals surface area contributed by atoms with Crippen LogP contribution in [0.2, 0.25) is 0 Å². The molecule has 20 heavy (non-hydrogen) atoms. The average Bonchev–Trinajstić information content (AvgIpc) is 2.48. The summed E-state index contributed by atoms with van der Waals surface area (Å²) in [5.41, 5.74) is 0. The van der Waals surface area contributed by atoms with Crippen LogP contribution in [0.25, 0.3) is 0 Å².